The van der Waals surface area contributed by atoms with Crippen molar-refractivity contribution < 1.29 is 79.6 Å². The first kappa shape index (κ1) is 3.12. The van der Waals surface area contributed by atoms with Gasteiger partial charge in [0.05, 0.1) is 9.85 Å². The molecule has 10 heteroatoms. The molecule has 9 nitrogen and oxygen atoms in total. The van der Waals surface area contributed by atoms with Crippen molar-refractivity contribution in [1.29, 1.82) is 5.26 Å². The molecule has 2 aromatic heterocycles. The molecule has 154 valence electrons. The van der Waals surface area contributed by atoms with Crippen LogP contribution < -0.4 is 0 Å². The molecule has 2 heterocycles. The Bertz CT molecular complexity index is 776. The zero-order chi connectivity index (χ0) is 61.8. The zero-order valence-electron chi connectivity index (χ0n) is 56.2. The van der Waals surface area contributed by atoms with Crippen LogP contribution in [0.1, 0.15) is 75.4 Å². The molecule has 0 spiro atoms. The minimum absolute atomic E-state index is 0. The molecule has 0 amide bonds. The van der Waals surface area contributed by atoms with E-state index in [-0.39, 0.29) is 23.1 Å². The maximum Gasteiger partial charge on any atom is 0.305 e. The molecule has 21 heavy (non-hydrogen) atoms. The van der Waals surface area contributed by atoms with E-state index in [4.69, 9.17) is 73.6 Å². The number of rotatable bonds is 2. The maximum atomic E-state index is 10.2. The van der Waals surface area contributed by atoms with Crippen molar-refractivity contribution >= 4 is 27.3 Å². The van der Waals surface area contributed by atoms with Crippen LogP contribution in [0.2, 0.25) is 0 Å². The first-order valence-corrected chi connectivity index (χ1v) is 6.01. The Balaban J connectivity index is -0.0000000143. The number of pyridine rings is 2. The number of hydrogen-bond donors (Lipinski definition) is 0. The Morgan fingerprint density at radius 1 is 1.14 bits per heavy atom. The monoisotopic (exact) mass is 494 g/mol. The lowest BCUT2D eigenvalue weighted by Gasteiger charge is -1.90. The predicted molar refractivity (Wildman–Crippen MR) is 125 cm³/mol. The molecular formula is C11H54BrN5O4. The molecule has 0 N–H and O–H groups in total. The fraction of sp³-hybridized carbons (Fsp3) is 0. The first-order chi connectivity index (χ1) is 33.0. The Morgan fingerprint density at radius 3 is 2.05 bits per heavy atom. The van der Waals surface area contributed by atoms with Crippen molar-refractivity contribution in [2.24, 2.45) is 0 Å². The molecule has 0 aliphatic carbocycles. The van der Waals surface area contributed by atoms with Crippen LogP contribution in [0.4, 0.5) is 11.4 Å². The van der Waals surface area contributed by atoms with Gasteiger partial charge in [-0.2, -0.15) is 5.26 Å². The van der Waals surface area contributed by atoms with E-state index >= 15 is 0 Å². The summed E-state index contributed by atoms with van der Waals surface area (Å²) in [5.41, 5.74) is -0.421. The second-order valence-electron chi connectivity index (χ2n) is 3.31. The van der Waals surface area contributed by atoms with Crippen LogP contribution in [-0.4, -0.2) is 19.8 Å². The molecular weight excluding hydrogens is 346 g/mol. The van der Waals surface area contributed by atoms with E-state index in [1.807, 2.05) is 0 Å². The lowest BCUT2D eigenvalue weighted by atomic mass is 10.3. The van der Waals surface area contributed by atoms with Gasteiger partial charge in [-0.25, -0.2) is 9.97 Å². The summed E-state index contributed by atoms with van der Waals surface area (Å²) in [6.07, 6.45) is 2.82. The van der Waals surface area contributed by atoms with Gasteiger partial charge in [0.2, 0.25) is 5.69 Å². The quantitative estimate of drug-likeness (QED) is 0.231. The number of halogens is 1. The van der Waals surface area contributed by atoms with Crippen molar-refractivity contribution in [3.05, 3.63) is 67.2 Å². The number of aromatic nitrogens is 2. The average Bonchev–Trinajstić information content (AvgIpc) is 3.51. The summed E-state index contributed by atoms with van der Waals surface area (Å²) in [6, 6.07) is 7.18. The zero-order valence-corrected chi connectivity index (χ0v) is 11.8. The molecule has 0 aromatic carbocycles. The lowest BCUT2D eigenvalue weighted by Crippen LogP contribution is -1.93. The minimum atomic E-state index is -0.633. The highest BCUT2D eigenvalue weighted by Gasteiger charge is 2.12. The largest absolute Gasteiger partial charge is 0.305 e. The van der Waals surface area contributed by atoms with Gasteiger partial charge in [0, 0.05) is 94.3 Å². The fourth-order valence-electron chi connectivity index (χ4n) is 1.14. The third-order valence-corrected chi connectivity index (χ3v) is 2.64. The van der Waals surface area contributed by atoms with Crippen molar-refractivity contribution in [1.82, 2.24) is 9.97 Å². The second-order valence-corrected chi connectivity index (χ2v) is 4.06. The minimum Gasteiger partial charge on any atom is -0.258 e. The second kappa shape index (κ2) is 7.61. The summed E-state index contributed by atoms with van der Waals surface area (Å²) in [7, 11) is 0. The summed E-state index contributed by atoms with van der Waals surface area (Å²) in [5, 5.41) is 28.7. The Hall–Kier alpha value is -2.93. The summed E-state index contributed by atoms with van der Waals surface area (Å²) in [6.45, 7) is 0. The molecule has 2 aromatic rings. The molecule has 0 saturated carbocycles. The van der Waals surface area contributed by atoms with E-state index in [9.17, 15) is 20.2 Å². The van der Waals surface area contributed by atoms with Crippen molar-refractivity contribution in [2.45, 2.75) is 0 Å². The summed E-state index contributed by atoms with van der Waals surface area (Å²) in [5.74, 6) is 0. The number of hydrogen-bond acceptors (Lipinski definition) is 7. The highest BCUT2D eigenvalue weighted by molar-refractivity contribution is 9.10. The maximum absolute atomic E-state index is 10.2. The van der Waals surface area contributed by atoms with Crippen molar-refractivity contribution in [3.8, 4) is 6.07 Å². The SMILES string of the molecule is N#Cc1ncccc1[N+](=O)[O-].O=[N+]([O-])c1cccnc1Br.[3HH].[3H][3H].[3H][3H].[3H][3H].[3H][3H].[3H][3H].[3H][3H].[3H][3H].[3H][3H].[3H][3H].[3H][3H].[3H][3H].[3H][3H].[3H][3H].[3H][3H].[3H][3H].[3H][3H].[3H][3H].[3H][3H].[3H][3H].[3H][3H].[3H][3H].[3H][3H].[3H][3H]. The third kappa shape index (κ3) is 4.59. The Morgan fingerprint density at radius 2 is 1.67 bits per heavy atom. The topological polar surface area (TPSA) is 136 Å². The van der Waals surface area contributed by atoms with Gasteiger partial charge in [-0.3, -0.25) is 20.2 Å². The van der Waals surface area contributed by atoms with Crippen LogP contribution in [0.5, 0.6) is 0 Å². The fourth-order valence-corrected chi connectivity index (χ4v) is 1.54. The van der Waals surface area contributed by atoms with Gasteiger partial charge in [-0.1, -0.05) is 0 Å². The van der Waals surface area contributed by atoms with Crippen LogP contribution in [0, 0.1) is 31.6 Å². The standard InChI is InChI=1S/C6H3N3O2.C5H3BrN2O2.24H2/c7-4-5-6(9(10)11)2-1-3-8-5;6-5-4(8(9)10)2-1-3-7-5;;;;;;;;;;;;;;;;;;;;;;;;/h1-3H;1-3H;24*1H/i;;23*1+2T;1+2. The van der Waals surface area contributed by atoms with E-state index in [1.54, 1.807) is 6.07 Å². The van der Waals surface area contributed by atoms with Gasteiger partial charge in [-0.15, -0.1) is 0 Å². The molecule has 0 atom stereocenters. The highest BCUT2D eigenvalue weighted by Crippen LogP contribution is 2.19. The van der Waals surface area contributed by atoms with Gasteiger partial charge >= 0.3 is 11.4 Å². The van der Waals surface area contributed by atoms with E-state index in [1.165, 1.54) is 36.7 Å². The Labute approximate surface area is 198 Å². The molecule has 0 radical (unpaired) electrons. The number of nitro groups is 2. The molecule has 0 bridgehead atoms. The number of nitrogens with zero attached hydrogens (tertiary/aromatic N) is 5. The lowest BCUT2D eigenvalue weighted by molar-refractivity contribution is -0.386. The highest BCUT2D eigenvalue weighted by atomic mass is 79.9. The molecule has 0 aliphatic rings. The smallest absolute Gasteiger partial charge is 0.258 e. The van der Waals surface area contributed by atoms with Crippen LogP contribution >= 0.6 is 15.9 Å². The van der Waals surface area contributed by atoms with E-state index in [0.717, 1.165) is 0 Å². The van der Waals surface area contributed by atoms with Gasteiger partial charge in [0.15, 0.2) is 4.60 Å². The summed E-state index contributed by atoms with van der Waals surface area (Å²) >= 11 is 2.94. The van der Waals surface area contributed by atoms with Crippen LogP contribution in [0.15, 0.2) is 41.3 Å². The van der Waals surface area contributed by atoms with Crippen molar-refractivity contribution in [3.63, 3.8) is 0 Å². The normalized spacial score (nSPS) is 17.7. The van der Waals surface area contributed by atoms with Gasteiger partial charge < -0.3 is 0 Å². The number of nitriles is 1. The van der Waals surface area contributed by atoms with E-state index < -0.39 is 9.85 Å². The molecule has 0 fully saturated rings. The summed E-state index contributed by atoms with van der Waals surface area (Å²) in [4.78, 5) is 26.4. The van der Waals surface area contributed by atoms with Gasteiger partial charge in [0.1, 0.15) is 6.07 Å². The van der Waals surface area contributed by atoms with Gasteiger partial charge in [0.25, 0.3) is 0 Å². The van der Waals surface area contributed by atoms with E-state index in [0.29, 0.717) is 0 Å². The van der Waals surface area contributed by atoms with Gasteiger partial charge in [-0.05, 0) is 28.1 Å². The van der Waals surface area contributed by atoms with Crippen LogP contribution in [0.3, 0.4) is 0 Å². The Kier molecular flexibility index (Phi) is 1.13. The third-order valence-electron chi connectivity index (χ3n) is 2.03. The van der Waals surface area contributed by atoms with Crippen molar-refractivity contribution in [2.75, 3.05) is 0 Å². The summed E-state index contributed by atoms with van der Waals surface area (Å²) < 4.78 is 230. The van der Waals surface area contributed by atoms with Crippen LogP contribution in [0.25, 0.3) is 0 Å². The molecule has 2 rings (SSSR count). The predicted octanol–water partition coefficient (Wildman–Crippen LogP) is 8.52. The molecule has 0 unspecified atom stereocenters. The molecule has 0 saturated heterocycles. The average molecular weight is 495 g/mol. The van der Waals surface area contributed by atoms with Crippen LogP contribution in [-0.2, 0) is 0 Å². The molecule has 0 aliphatic heterocycles. The van der Waals surface area contributed by atoms with E-state index in [2.05, 4.69) is 25.9 Å². The first-order valence-electron chi connectivity index (χ1n) is 28.2.